The maximum Gasteiger partial charge on any atom is 0.337 e. The number of carboxylic acid groups (broad SMARTS) is 1. The molecule has 1 N–H and O–H groups in total. The van der Waals surface area contributed by atoms with Gasteiger partial charge in [-0.05, 0) is 53.2 Å². The fourth-order valence-electron chi connectivity index (χ4n) is 2.35. The van der Waals surface area contributed by atoms with Crippen molar-refractivity contribution >= 4 is 48.9 Å². The lowest BCUT2D eigenvalue weighted by Crippen LogP contribution is -1.99. The third kappa shape index (κ3) is 2.38. The van der Waals surface area contributed by atoms with Crippen LogP contribution in [-0.2, 0) is 0 Å². The molecule has 1 aromatic heterocycles. The van der Waals surface area contributed by atoms with E-state index in [2.05, 4.69) is 36.8 Å². The zero-order chi connectivity index (χ0) is 15.1. The summed E-state index contributed by atoms with van der Waals surface area (Å²) in [7, 11) is 0. The molecule has 106 valence electrons. The van der Waals surface area contributed by atoms with Crippen LogP contribution in [-0.4, -0.2) is 20.6 Å². The zero-order valence-electron chi connectivity index (χ0n) is 11.0. The predicted molar refractivity (Wildman–Crippen MR) is 88.2 cm³/mol. The number of nitrogens with zero attached hydrogens (tertiary/aromatic N) is 2. The molecule has 0 spiro atoms. The van der Waals surface area contributed by atoms with E-state index in [9.17, 15) is 9.90 Å². The maximum absolute atomic E-state index is 11.3. The lowest BCUT2D eigenvalue weighted by Gasteiger charge is -2.10. The van der Waals surface area contributed by atoms with Crippen LogP contribution in [0.15, 0.2) is 45.3 Å². The number of rotatable bonds is 2. The Bertz CT molecular complexity index is 871. The summed E-state index contributed by atoms with van der Waals surface area (Å²) < 4.78 is 3.79. The van der Waals surface area contributed by atoms with Gasteiger partial charge in [-0.15, -0.1) is 0 Å². The van der Waals surface area contributed by atoms with Gasteiger partial charge in [0.15, 0.2) is 0 Å². The van der Waals surface area contributed by atoms with Gasteiger partial charge in [-0.2, -0.15) is 0 Å². The minimum Gasteiger partial charge on any atom is -0.478 e. The monoisotopic (exact) mass is 408 g/mol. The first kappa shape index (κ1) is 14.3. The minimum atomic E-state index is -0.974. The predicted octanol–water partition coefficient (Wildman–Crippen LogP) is 4.56. The van der Waals surface area contributed by atoms with Crippen LogP contribution in [0.5, 0.6) is 0 Å². The molecule has 0 aliphatic heterocycles. The molecule has 3 rings (SSSR count). The molecule has 3 aromatic rings. The molecule has 0 radical (unpaired) electrons. The first-order valence-corrected chi connectivity index (χ1v) is 7.74. The number of carboxylic acids is 1. The summed E-state index contributed by atoms with van der Waals surface area (Å²) in [5, 5.41) is 9.29. The quantitative estimate of drug-likeness (QED) is 0.675. The van der Waals surface area contributed by atoms with Crippen LogP contribution in [0.2, 0.25) is 0 Å². The number of aryl methyl sites for hydroxylation is 1. The van der Waals surface area contributed by atoms with Crippen LogP contribution in [0, 0.1) is 6.92 Å². The number of aromatic nitrogens is 2. The lowest BCUT2D eigenvalue weighted by molar-refractivity contribution is 0.0699. The summed E-state index contributed by atoms with van der Waals surface area (Å²) in [5.41, 5.74) is 2.38. The summed E-state index contributed by atoms with van der Waals surface area (Å²) in [6.45, 7) is 1.86. The Morgan fingerprint density at radius 3 is 2.71 bits per heavy atom. The van der Waals surface area contributed by atoms with Crippen LogP contribution >= 0.6 is 31.9 Å². The molecule has 0 aliphatic rings. The molecule has 1 heterocycles. The first-order chi connectivity index (χ1) is 9.99. The molecule has 0 fully saturated rings. The number of fused-ring (bicyclic) bond motifs is 1. The zero-order valence-corrected chi connectivity index (χ0v) is 14.1. The van der Waals surface area contributed by atoms with Crippen molar-refractivity contribution in [1.82, 2.24) is 9.55 Å². The van der Waals surface area contributed by atoms with E-state index in [1.807, 2.05) is 35.8 Å². The van der Waals surface area contributed by atoms with Crippen molar-refractivity contribution in [2.24, 2.45) is 0 Å². The molecule has 2 aromatic carbocycles. The molecule has 0 aliphatic carbocycles. The summed E-state index contributed by atoms with van der Waals surface area (Å²) in [4.78, 5) is 15.8. The highest BCUT2D eigenvalue weighted by Crippen LogP contribution is 2.30. The summed E-state index contributed by atoms with van der Waals surface area (Å²) in [6.07, 6.45) is 0. The molecule has 6 heteroatoms. The van der Waals surface area contributed by atoms with Crippen LogP contribution in [0.1, 0.15) is 16.2 Å². The van der Waals surface area contributed by atoms with Gasteiger partial charge in [0.25, 0.3) is 0 Å². The Balaban J connectivity index is 2.38. The molecule has 0 saturated heterocycles. The third-order valence-corrected chi connectivity index (χ3v) is 4.40. The van der Waals surface area contributed by atoms with Gasteiger partial charge in [0.05, 0.1) is 16.8 Å². The van der Waals surface area contributed by atoms with Gasteiger partial charge in [-0.3, -0.25) is 4.57 Å². The van der Waals surface area contributed by atoms with Crippen molar-refractivity contribution in [2.75, 3.05) is 0 Å². The van der Waals surface area contributed by atoms with Crippen molar-refractivity contribution in [3.05, 3.63) is 56.7 Å². The number of halogens is 2. The number of para-hydroxylation sites is 1. The highest BCUT2D eigenvalue weighted by molar-refractivity contribution is 9.11. The number of hydrogen-bond acceptors (Lipinski definition) is 2. The van der Waals surface area contributed by atoms with Crippen molar-refractivity contribution in [3.8, 4) is 5.69 Å². The van der Waals surface area contributed by atoms with Crippen molar-refractivity contribution in [2.45, 2.75) is 6.92 Å². The summed E-state index contributed by atoms with van der Waals surface area (Å²) in [5.74, 6) is -0.240. The van der Waals surface area contributed by atoms with E-state index in [1.165, 1.54) is 0 Å². The van der Waals surface area contributed by atoms with E-state index < -0.39 is 5.97 Å². The van der Waals surface area contributed by atoms with E-state index >= 15 is 0 Å². The van der Waals surface area contributed by atoms with Crippen molar-refractivity contribution in [1.29, 1.82) is 0 Å². The molecule has 21 heavy (non-hydrogen) atoms. The van der Waals surface area contributed by atoms with Gasteiger partial charge in [-0.25, -0.2) is 9.78 Å². The lowest BCUT2D eigenvalue weighted by atomic mass is 10.2. The van der Waals surface area contributed by atoms with Crippen molar-refractivity contribution < 1.29 is 9.90 Å². The van der Waals surface area contributed by atoms with Crippen LogP contribution < -0.4 is 0 Å². The van der Waals surface area contributed by atoms with Crippen LogP contribution in [0.25, 0.3) is 16.7 Å². The SMILES string of the molecule is Cc1nc2c(C(=O)O)cccc2n1-c1cc(Br)ccc1Br. The van der Waals surface area contributed by atoms with Crippen LogP contribution in [0.3, 0.4) is 0 Å². The Morgan fingerprint density at radius 1 is 1.24 bits per heavy atom. The number of carbonyl (C=O) groups is 1. The largest absolute Gasteiger partial charge is 0.478 e. The molecule has 0 atom stereocenters. The highest BCUT2D eigenvalue weighted by atomic mass is 79.9. The molecule has 0 bridgehead atoms. The molecule has 0 amide bonds. The van der Waals surface area contributed by atoms with Crippen molar-refractivity contribution in [3.63, 3.8) is 0 Å². The average Bonchev–Trinajstić information content (AvgIpc) is 2.77. The smallest absolute Gasteiger partial charge is 0.337 e. The third-order valence-electron chi connectivity index (χ3n) is 3.23. The van der Waals surface area contributed by atoms with Gasteiger partial charge >= 0.3 is 5.97 Å². The van der Waals surface area contributed by atoms with Gasteiger partial charge < -0.3 is 5.11 Å². The second kappa shape index (κ2) is 5.27. The fourth-order valence-corrected chi connectivity index (χ4v) is 3.12. The Morgan fingerprint density at radius 2 is 2.00 bits per heavy atom. The van der Waals surface area contributed by atoms with Gasteiger partial charge in [0.1, 0.15) is 11.3 Å². The first-order valence-electron chi connectivity index (χ1n) is 6.16. The second-order valence-electron chi connectivity index (χ2n) is 4.57. The van der Waals surface area contributed by atoms with E-state index in [-0.39, 0.29) is 5.56 Å². The number of benzene rings is 2. The van der Waals surface area contributed by atoms with Gasteiger partial charge in [0, 0.05) is 8.95 Å². The van der Waals surface area contributed by atoms with E-state index in [0.29, 0.717) is 5.52 Å². The van der Waals surface area contributed by atoms with Crippen LogP contribution in [0.4, 0.5) is 0 Å². The Kier molecular flexibility index (Phi) is 3.59. The average molecular weight is 410 g/mol. The molecule has 4 nitrogen and oxygen atoms in total. The van der Waals surface area contributed by atoms with Gasteiger partial charge in [0.2, 0.25) is 0 Å². The summed E-state index contributed by atoms with van der Waals surface area (Å²) in [6, 6.07) is 11.0. The highest BCUT2D eigenvalue weighted by Gasteiger charge is 2.17. The normalized spacial score (nSPS) is 11.0. The molecular formula is C15H10Br2N2O2. The number of imidazole rings is 1. The fraction of sp³-hybridized carbons (Fsp3) is 0.0667. The molecular weight excluding hydrogens is 400 g/mol. The maximum atomic E-state index is 11.3. The molecule has 0 saturated carbocycles. The topological polar surface area (TPSA) is 55.1 Å². The summed E-state index contributed by atoms with van der Waals surface area (Å²) >= 11 is 6.99. The molecule has 0 unspecified atom stereocenters. The van der Waals surface area contributed by atoms with E-state index in [0.717, 1.165) is 26.0 Å². The standard InChI is InChI=1S/C15H10Br2N2O2/c1-8-18-14-10(15(20)21)3-2-4-12(14)19(8)13-7-9(16)5-6-11(13)17/h2-7H,1H3,(H,20,21). The Labute approximate surface area is 137 Å². The number of aromatic carboxylic acids is 1. The van der Waals surface area contributed by atoms with E-state index in [4.69, 9.17) is 0 Å². The minimum absolute atomic E-state index is 0.209. The Hall–Kier alpha value is -1.66. The second-order valence-corrected chi connectivity index (χ2v) is 6.34. The van der Waals surface area contributed by atoms with Gasteiger partial charge in [-0.1, -0.05) is 22.0 Å². The van der Waals surface area contributed by atoms with E-state index in [1.54, 1.807) is 12.1 Å². The number of hydrogen-bond donors (Lipinski definition) is 1.